The fourth-order valence-electron chi connectivity index (χ4n) is 3.66. The number of thioether (sulfide) groups is 1. The van der Waals surface area contributed by atoms with Gasteiger partial charge in [0, 0.05) is 20.0 Å². The van der Waals surface area contributed by atoms with Crippen molar-refractivity contribution in [3.63, 3.8) is 0 Å². The largest absolute Gasteiger partial charge is 0.467 e. The molecule has 3 aromatic rings. The minimum absolute atomic E-state index is 0.0684. The Bertz CT molecular complexity index is 1130. The molecule has 1 unspecified atom stereocenters. The quantitative estimate of drug-likeness (QED) is 0.449. The minimum atomic E-state index is -0.665. The standard InChI is InChI=1S/C22H21FN4O3S/c1-26-20(16-9-5-6-10-17(16)23)24-25-22(26)31-13-19(28)27-12-15-8-4-3-7-14(15)11-18(27)21(29)30-2/h3-10,18H,11-13H2,1-2H3. The first-order valence-corrected chi connectivity index (χ1v) is 10.7. The summed E-state index contributed by atoms with van der Waals surface area (Å²) in [6.45, 7) is 0.342. The molecule has 0 fully saturated rings. The van der Waals surface area contributed by atoms with E-state index in [1.807, 2.05) is 24.3 Å². The lowest BCUT2D eigenvalue weighted by molar-refractivity contribution is -0.153. The van der Waals surface area contributed by atoms with E-state index in [-0.39, 0.29) is 11.7 Å². The zero-order valence-corrected chi connectivity index (χ0v) is 17.9. The zero-order valence-electron chi connectivity index (χ0n) is 17.1. The summed E-state index contributed by atoms with van der Waals surface area (Å²) >= 11 is 1.20. The van der Waals surface area contributed by atoms with Crippen molar-refractivity contribution in [2.45, 2.75) is 24.2 Å². The van der Waals surface area contributed by atoms with Gasteiger partial charge in [-0.1, -0.05) is 48.2 Å². The molecule has 2 aromatic carbocycles. The van der Waals surface area contributed by atoms with E-state index in [2.05, 4.69) is 10.2 Å². The number of ether oxygens (including phenoxy) is 1. The molecule has 0 radical (unpaired) electrons. The average Bonchev–Trinajstić information content (AvgIpc) is 3.16. The molecule has 1 aromatic heterocycles. The smallest absolute Gasteiger partial charge is 0.328 e. The number of nitrogens with zero attached hydrogens (tertiary/aromatic N) is 4. The third-order valence-electron chi connectivity index (χ3n) is 5.32. The summed E-state index contributed by atoms with van der Waals surface area (Å²) in [6, 6.07) is 13.4. The van der Waals surface area contributed by atoms with Crippen LogP contribution >= 0.6 is 11.8 Å². The molecular formula is C22H21FN4O3S. The predicted octanol–water partition coefficient (Wildman–Crippen LogP) is 2.84. The molecule has 0 saturated carbocycles. The van der Waals surface area contributed by atoms with Gasteiger partial charge >= 0.3 is 5.97 Å². The van der Waals surface area contributed by atoms with Gasteiger partial charge in [-0.3, -0.25) is 4.79 Å². The first-order valence-electron chi connectivity index (χ1n) is 9.70. The van der Waals surface area contributed by atoms with Gasteiger partial charge in [0.1, 0.15) is 11.9 Å². The molecule has 1 aliphatic heterocycles. The molecule has 0 bridgehead atoms. The maximum absolute atomic E-state index is 14.1. The molecular weight excluding hydrogens is 419 g/mol. The SMILES string of the molecule is COC(=O)C1Cc2ccccc2CN1C(=O)CSc1nnc(-c2ccccc2F)n1C. The summed E-state index contributed by atoms with van der Waals surface area (Å²) in [5, 5.41) is 8.66. The van der Waals surface area contributed by atoms with Crippen LogP contribution in [0.25, 0.3) is 11.4 Å². The summed E-state index contributed by atoms with van der Waals surface area (Å²) in [7, 11) is 3.05. The van der Waals surface area contributed by atoms with E-state index >= 15 is 0 Å². The van der Waals surface area contributed by atoms with Crippen LogP contribution in [0.5, 0.6) is 0 Å². The normalized spacial score (nSPS) is 15.5. The number of hydrogen-bond acceptors (Lipinski definition) is 6. The van der Waals surface area contributed by atoms with Crippen LogP contribution in [0.3, 0.4) is 0 Å². The van der Waals surface area contributed by atoms with Crippen LogP contribution in [-0.4, -0.2) is 50.4 Å². The highest BCUT2D eigenvalue weighted by Crippen LogP contribution is 2.27. The van der Waals surface area contributed by atoms with Gasteiger partial charge in [0.2, 0.25) is 5.91 Å². The van der Waals surface area contributed by atoms with Crippen molar-refractivity contribution >= 4 is 23.6 Å². The summed E-state index contributed by atoms with van der Waals surface area (Å²) in [4.78, 5) is 26.9. The molecule has 1 amide bonds. The fraction of sp³-hybridized carbons (Fsp3) is 0.273. The molecule has 0 aliphatic carbocycles. The van der Waals surface area contributed by atoms with Crippen molar-refractivity contribution in [3.8, 4) is 11.4 Å². The maximum atomic E-state index is 14.1. The Morgan fingerprint density at radius 2 is 1.84 bits per heavy atom. The van der Waals surface area contributed by atoms with Crippen LogP contribution in [0.1, 0.15) is 11.1 Å². The van der Waals surface area contributed by atoms with Crippen molar-refractivity contribution in [1.82, 2.24) is 19.7 Å². The number of hydrogen-bond donors (Lipinski definition) is 0. The van der Waals surface area contributed by atoms with Gasteiger partial charge in [-0.15, -0.1) is 10.2 Å². The van der Waals surface area contributed by atoms with Crippen LogP contribution < -0.4 is 0 Å². The molecule has 1 aliphatic rings. The van der Waals surface area contributed by atoms with Gasteiger partial charge in [-0.05, 0) is 23.3 Å². The number of benzene rings is 2. The summed E-state index contributed by atoms with van der Waals surface area (Å²) in [5.74, 6) is -0.580. The van der Waals surface area contributed by atoms with E-state index in [0.29, 0.717) is 29.5 Å². The second-order valence-corrected chi connectivity index (χ2v) is 8.11. The monoisotopic (exact) mass is 440 g/mol. The van der Waals surface area contributed by atoms with Crippen LogP contribution in [-0.2, 0) is 34.3 Å². The second-order valence-electron chi connectivity index (χ2n) is 7.17. The number of halogens is 1. The average molecular weight is 441 g/mol. The Morgan fingerprint density at radius 3 is 2.58 bits per heavy atom. The lowest BCUT2D eigenvalue weighted by atomic mass is 9.94. The van der Waals surface area contributed by atoms with E-state index in [9.17, 15) is 14.0 Å². The molecule has 0 spiro atoms. The van der Waals surface area contributed by atoms with E-state index in [4.69, 9.17) is 4.74 Å². The highest BCUT2D eigenvalue weighted by Gasteiger charge is 2.35. The third-order valence-corrected chi connectivity index (χ3v) is 6.32. The number of aromatic nitrogens is 3. The molecule has 0 saturated heterocycles. The van der Waals surface area contributed by atoms with E-state index in [0.717, 1.165) is 11.1 Å². The molecule has 7 nitrogen and oxygen atoms in total. The number of carbonyl (C=O) groups is 2. The maximum Gasteiger partial charge on any atom is 0.328 e. The van der Waals surface area contributed by atoms with Gasteiger partial charge < -0.3 is 14.2 Å². The second kappa shape index (κ2) is 8.89. The number of methoxy groups -OCH3 is 1. The van der Waals surface area contributed by atoms with Crippen molar-refractivity contribution in [2.24, 2.45) is 7.05 Å². The predicted molar refractivity (Wildman–Crippen MR) is 114 cm³/mol. The molecule has 2 heterocycles. The van der Waals surface area contributed by atoms with Crippen molar-refractivity contribution in [2.75, 3.05) is 12.9 Å². The minimum Gasteiger partial charge on any atom is -0.467 e. The van der Waals surface area contributed by atoms with Crippen molar-refractivity contribution in [1.29, 1.82) is 0 Å². The van der Waals surface area contributed by atoms with Gasteiger partial charge in [-0.2, -0.15) is 0 Å². The lowest BCUT2D eigenvalue weighted by Gasteiger charge is -2.35. The molecule has 31 heavy (non-hydrogen) atoms. The number of carbonyl (C=O) groups excluding carboxylic acids is 2. The molecule has 4 rings (SSSR count). The van der Waals surface area contributed by atoms with Crippen LogP contribution in [0.4, 0.5) is 4.39 Å². The first kappa shape index (κ1) is 21.0. The molecule has 0 N–H and O–H groups in total. The van der Waals surface area contributed by atoms with Crippen LogP contribution in [0.15, 0.2) is 53.7 Å². The van der Waals surface area contributed by atoms with Gasteiger partial charge in [0.15, 0.2) is 11.0 Å². The summed E-state index contributed by atoms with van der Waals surface area (Å²) in [5.41, 5.74) is 2.40. The topological polar surface area (TPSA) is 77.3 Å². The number of amides is 1. The van der Waals surface area contributed by atoms with Crippen molar-refractivity contribution in [3.05, 3.63) is 65.5 Å². The number of fused-ring (bicyclic) bond motifs is 1. The lowest BCUT2D eigenvalue weighted by Crippen LogP contribution is -2.49. The van der Waals surface area contributed by atoms with E-state index in [1.165, 1.54) is 24.9 Å². The van der Waals surface area contributed by atoms with Gasteiger partial charge in [-0.25, -0.2) is 9.18 Å². The third kappa shape index (κ3) is 4.18. The zero-order chi connectivity index (χ0) is 22.0. The highest BCUT2D eigenvalue weighted by molar-refractivity contribution is 7.99. The van der Waals surface area contributed by atoms with Crippen LogP contribution in [0, 0.1) is 5.82 Å². The number of rotatable bonds is 5. The summed E-state index contributed by atoms with van der Waals surface area (Å²) < 4.78 is 20.7. The number of esters is 1. The molecule has 160 valence electrons. The Labute approximate surface area is 183 Å². The fourth-order valence-corrected chi connectivity index (χ4v) is 4.46. The Morgan fingerprint density at radius 1 is 1.13 bits per heavy atom. The molecule has 9 heteroatoms. The van der Waals surface area contributed by atoms with E-state index < -0.39 is 17.8 Å². The Kier molecular flexibility index (Phi) is 6.03. The molecule has 1 atom stereocenters. The van der Waals surface area contributed by atoms with Gasteiger partial charge in [0.25, 0.3) is 0 Å². The first-order chi connectivity index (χ1) is 15.0. The van der Waals surface area contributed by atoms with Crippen LogP contribution in [0.2, 0.25) is 0 Å². The Balaban J connectivity index is 1.50. The Hall–Kier alpha value is -3.20. The van der Waals surface area contributed by atoms with Crippen molar-refractivity contribution < 1.29 is 18.7 Å². The highest BCUT2D eigenvalue weighted by atomic mass is 32.2. The van der Waals surface area contributed by atoms with E-state index in [1.54, 1.807) is 34.7 Å². The van der Waals surface area contributed by atoms with Gasteiger partial charge in [0.05, 0.1) is 18.4 Å². The summed E-state index contributed by atoms with van der Waals surface area (Å²) in [6.07, 6.45) is 0.417.